The highest BCUT2D eigenvalue weighted by molar-refractivity contribution is 5.74. The molecular weight excluding hydrogens is 284 g/mol. The van der Waals surface area contributed by atoms with Gasteiger partial charge < -0.3 is 19.9 Å². The van der Waals surface area contributed by atoms with Gasteiger partial charge in [0.15, 0.2) is 5.82 Å². The molecule has 116 valence electrons. The highest BCUT2D eigenvalue weighted by Crippen LogP contribution is 2.35. The fourth-order valence-electron chi connectivity index (χ4n) is 2.48. The first-order chi connectivity index (χ1) is 10.6. The Morgan fingerprint density at radius 1 is 1.36 bits per heavy atom. The third kappa shape index (κ3) is 3.03. The molecule has 0 radical (unpaired) electrons. The lowest BCUT2D eigenvalue weighted by Gasteiger charge is -2.17. The van der Waals surface area contributed by atoms with Crippen molar-refractivity contribution in [3.05, 3.63) is 41.5 Å². The Hall–Kier alpha value is -2.57. The molecule has 0 fully saturated rings. The highest BCUT2D eigenvalue weighted by Gasteiger charge is 2.31. The molecule has 2 unspecified atom stereocenters. The normalized spacial score (nSPS) is 19.4. The van der Waals surface area contributed by atoms with Crippen molar-refractivity contribution >= 4 is 6.03 Å². The van der Waals surface area contributed by atoms with Crippen LogP contribution in [-0.4, -0.2) is 28.8 Å². The van der Waals surface area contributed by atoms with Gasteiger partial charge in [-0.15, -0.1) is 0 Å². The van der Waals surface area contributed by atoms with E-state index in [4.69, 9.17) is 9.26 Å². The van der Waals surface area contributed by atoms with Crippen molar-refractivity contribution in [3.63, 3.8) is 0 Å². The number of urea groups is 1. The lowest BCUT2D eigenvalue weighted by molar-refractivity contribution is 0.199. The molecule has 2 heterocycles. The molecule has 2 amide bonds. The summed E-state index contributed by atoms with van der Waals surface area (Å²) in [5.74, 6) is 1.93. The molecule has 22 heavy (non-hydrogen) atoms. The second kappa shape index (κ2) is 6.05. The minimum Gasteiger partial charge on any atom is -0.488 e. The number of benzene rings is 1. The van der Waals surface area contributed by atoms with Gasteiger partial charge in [0.2, 0.25) is 5.89 Å². The predicted octanol–water partition coefficient (Wildman–Crippen LogP) is 1.74. The zero-order valence-electron chi connectivity index (χ0n) is 12.5. The van der Waals surface area contributed by atoms with Crippen molar-refractivity contribution in [1.29, 1.82) is 0 Å². The van der Waals surface area contributed by atoms with Gasteiger partial charge in [0, 0.05) is 18.5 Å². The number of fused-ring (bicyclic) bond motifs is 1. The molecule has 1 aromatic heterocycles. The molecule has 0 saturated heterocycles. The Kier molecular flexibility index (Phi) is 3.95. The number of ether oxygens (including phenoxy) is 1. The van der Waals surface area contributed by atoms with E-state index in [1.54, 1.807) is 6.92 Å². The number of hydrogen-bond acceptors (Lipinski definition) is 5. The summed E-state index contributed by atoms with van der Waals surface area (Å²) in [5, 5.41) is 9.42. The topological polar surface area (TPSA) is 89.3 Å². The molecule has 1 aromatic carbocycles. The number of carbonyl (C=O) groups is 1. The standard InChI is InChI=1S/C15H18N4O3/c1-9-14(11-5-3-4-6-12(11)21-9)18-15(20)16-8-7-13-17-10(2)19-22-13/h3-6,9,14H,7-8H2,1-2H3,(H2,16,18,20). The summed E-state index contributed by atoms with van der Waals surface area (Å²) in [4.78, 5) is 16.1. The maximum absolute atomic E-state index is 12.0. The number of hydrogen-bond donors (Lipinski definition) is 2. The number of carbonyl (C=O) groups excluding carboxylic acids is 1. The number of aryl methyl sites for hydroxylation is 1. The van der Waals surface area contributed by atoms with E-state index in [2.05, 4.69) is 20.8 Å². The average Bonchev–Trinajstić information content (AvgIpc) is 3.03. The second-order valence-electron chi connectivity index (χ2n) is 5.22. The lowest BCUT2D eigenvalue weighted by Crippen LogP contribution is -2.41. The van der Waals surface area contributed by atoms with Crippen LogP contribution in [0.2, 0.25) is 0 Å². The van der Waals surface area contributed by atoms with Gasteiger partial charge in [-0.3, -0.25) is 0 Å². The summed E-state index contributed by atoms with van der Waals surface area (Å²) in [6.45, 7) is 4.12. The molecule has 7 nitrogen and oxygen atoms in total. The van der Waals surface area contributed by atoms with E-state index in [9.17, 15) is 4.79 Å². The molecular formula is C15H18N4O3. The van der Waals surface area contributed by atoms with Crippen molar-refractivity contribution in [2.75, 3.05) is 6.54 Å². The van der Waals surface area contributed by atoms with Crippen LogP contribution >= 0.6 is 0 Å². The van der Waals surface area contributed by atoms with Gasteiger partial charge in [0.25, 0.3) is 0 Å². The molecule has 3 rings (SSSR count). The highest BCUT2D eigenvalue weighted by atomic mass is 16.5. The molecule has 0 saturated carbocycles. The van der Waals surface area contributed by atoms with Gasteiger partial charge in [-0.05, 0) is 19.9 Å². The Bertz CT molecular complexity index is 670. The smallest absolute Gasteiger partial charge is 0.315 e. The zero-order valence-corrected chi connectivity index (χ0v) is 12.5. The number of nitrogens with zero attached hydrogens (tertiary/aromatic N) is 2. The van der Waals surface area contributed by atoms with E-state index in [0.717, 1.165) is 11.3 Å². The first-order valence-corrected chi connectivity index (χ1v) is 7.22. The van der Waals surface area contributed by atoms with Crippen LogP contribution in [0.3, 0.4) is 0 Å². The van der Waals surface area contributed by atoms with Crippen molar-refractivity contribution in [1.82, 2.24) is 20.8 Å². The Morgan fingerprint density at radius 2 is 2.18 bits per heavy atom. The van der Waals surface area contributed by atoms with Gasteiger partial charge in [0.05, 0.1) is 6.04 Å². The van der Waals surface area contributed by atoms with Gasteiger partial charge >= 0.3 is 6.03 Å². The molecule has 0 spiro atoms. The van der Waals surface area contributed by atoms with Crippen LogP contribution in [0.25, 0.3) is 0 Å². The van der Waals surface area contributed by atoms with Crippen molar-refractivity contribution < 1.29 is 14.1 Å². The maximum atomic E-state index is 12.0. The number of aromatic nitrogens is 2. The van der Waals surface area contributed by atoms with E-state index >= 15 is 0 Å². The van der Waals surface area contributed by atoms with Crippen LogP contribution in [0.4, 0.5) is 4.79 Å². The third-order valence-electron chi connectivity index (χ3n) is 3.52. The Morgan fingerprint density at radius 3 is 2.95 bits per heavy atom. The molecule has 2 atom stereocenters. The Labute approximate surface area is 128 Å². The van der Waals surface area contributed by atoms with Crippen LogP contribution < -0.4 is 15.4 Å². The fourth-order valence-corrected chi connectivity index (χ4v) is 2.48. The zero-order chi connectivity index (χ0) is 15.5. The number of amides is 2. The SMILES string of the molecule is Cc1noc(CCNC(=O)NC2c3ccccc3OC2C)n1. The monoisotopic (exact) mass is 302 g/mol. The van der Waals surface area contributed by atoms with E-state index in [-0.39, 0.29) is 18.2 Å². The molecule has 2 aromatic rings. The van der Waals surface area contributed by atoms with Crippen LogP contribution in [0.1, 0.15) is 30.2 Å². The molecule has 0 bridgehead atoms. The number of nitrogens with one attached hydrogen (secondary N) is 2. The van der Waals surface area contributed by atoms with Gasteiger partial charge in [-0.1, -0.05) is 23.4 Å². The largest absolute Gasteiger partial charge is 0.488 e. The minimum atomic E-state index is -0.242. The lowest BCUT2D eigenvalue weighted by atomic mass is 10.1. The fraction of sp³-hybridized carbons (Fsp3) is 0.400. The molecule has 1 aliphatic rings. The van der Waals surface area contributed by atoms with Crippen LogP contribution in [-0.2, 0) is 6.42 Å². The summed E-state index contributed by atoms with van der Waals surface area (Å²) in [6, 6.07) is 7.33. The summed E-state index contributed by atoms with van der Waals surface area (Å²) >= 11 is 0. The summed E-state index contributed by atoms with van der Waals surface area (Å²) in [6.07, 6.45) is 0.406. The maximum Gasteiger partial charge on any atom is 0.315 e. The quantitative estimate of drug-likeness (QED) is 0.898. The Balaban J connectivity index is 1.51. The summed E-state index contributed by atoms with van der Waals surface area (Å²) < 4.78 is 10.7. The van der Waals surface area contributed by atoms with Crippen molar-refractivity contribution in [3.8, 4) is 5.75 Å². The van der Waals surface area contributed by atoms with Gasteiger partial charge in [-0.25, -0.2) is 4.79 Å². The second-order valence-corrected chi connectivity index (χ2v) is 5.22. The number of para-hydroxylation sites is 1. The van der Waals surface area contributed by atoms with E-state index in [0.29, 0.717) is 24.7 Å². The van der Waals surface area contributed by atoms with Crippen LogP contribution in [0.15, 0.2) is 28.8 Å². The summed E-state index contributed by atoms with van der Waals surface area (Å²) in [5.41, 5.74) is 0.998. The van der Waals surface area contributed by atoms with Crippen molar-refractivity contribution in [2.45, 2.75) is 32.4 Å². The summed E-state index contributed by atoms with van der Waals surface area (Å²) in [7, 11) is 0. The molecule has 1 aliphatic heterocycles. The number of rotatable bonds is 4. The van der Waals surface area contributed by atoms with Crippen molar-refractivity contribution in [2.24, 2.45) is 0 Å². The van der Waals surface area contributed by atoms with Crippen LogP contribution in [0, 0.1) is 6.92 Å². The minimum absolute atomic E-state index is 0.0956. The van der Waals surface area contributed by atoms with E-state index in [1.165, 1.54) is 0 Å². The molecule has 0 aliphatic carbocycles. The van der Waals surface area contributed by atoms with Gasteiger partial charge in [0.1, 0.15) is 11.9 Å². The third-order valence-corrected chi connectivity index (χ3v) is 3.52. The first-order valence-electron chi connectivity index (χ1n) is 7.22. The first kappa shape index (κ1) is 14.4. The average molecular weight is 302 g/mol. The molecule has 7 heteroatoms. The van der Waals surface area contributed by atoms with E-state index in [1.807, 2.05) is 31.2 Å². The van der Waals surface area contributed by atoms with Gasteiger partial charge in [-0.2, -0.15) is 4.98 Å². The predicted molar refractivity (Wildman–Crippen MR) is 78.5 cm³/mol. The van der Waals surface area contributed by atoms with Crippen LogP contribution in [0.5, 0.6) is 5.75 Å². The molecule has 2 N–H and O–H groups in total. The van der Waals surface area contributed by atoms with E-state index < -0.39 is 0 Å².